The van der Waals surface area contributed by atoms with Gasteiger partial charge in [0.05, 0.1) is 0 Å². The second-order valence-electron chi connectivity index (χ2n) is 2.26. The van der Waals surface area contributed by atoms with E-state index in [1.54, 1.807) is 13.0 Å². The van der Waals surface area contributed by atoms with Gasteiger partial charge >= 0.3 is 5.97 Å². The second kappa shape index (κ2) is 3.10. The lowest BCUT2D eigenvalue weighted by molar-refractivity contribution is 0.0686. The zero-order valence-electron chi connectivity index (χ0n) is 6.21. The van der Waals surface area contributed by atoms with Crippen LogP contribution in [0.4, 0.5) is 0 Å². The minimum Gasteiger partial charge on any atom is -0.505 e. The Morgan fingerprint density at radius 3 is 2.75 bits per heavy atom. The molecule has 0 amide bonds. The van der Waals surface area contributed by atoms with E-state index in [0.717, 1.165) is 0 Å². The molecule has 4 nitrogen and oxygen atoms in total. The van der Waals surface area contributed by atoms with Gasteiger partial charge in [-0.3, -0.25) is 0 Å². The first-order valence-electron chi connectivity index (χ1n) is 3.11. The van der Waals surface area contributed by atoms with Crippen LogP contribution in [-0.4, -0.2) is 21.2 Å². The molecule has 0 bridgehead atoms. The summed E-state index contributed by atoms with van der Waals surface area (Å²) in [7, 11) is 0. The van der Waals surface area contributed by atoms with Gasteiger partial charge in [0.1, 0.15) is 4.60 Å². The molecule has 0 aliphatic carbocycles. The third-order valence-electron chi connectivity index (χ3n) is 1.35. The van der Waals surface area contributed by atoms with Crippen LogP contribution in [0.15, 0.2) is 10.7 Å². The van der Waals surface area contributed by atoms with Crippen molar-refractivity contribution in [2.75, 3.05) is 0 Å². The monoisotopic (exact) mass is 231 g/mol. The molecule has 2 N–H and O–H groups in total. The van der Waals surface area contributed by atoms with Crippen molar-refractivity contribution in [2.24, 2.45) is 0 Å². The number of carboxylic acids is 1. The van der Waals surface area contributed by atoms with Crippen LogP contribution < -0.4 is 0 Å². The molecule has 0 spiro atoms. The Labute approximate surface area is 77.0 Å². The Morgan fingerprint density at radius 2 is 2.25 bits per heavy atom. The molecule has 0 atom stereocenters. The molecular weight excluding hydrogens is 226 g/mol. The molecule has 1 aromatic heterocycles. The van der Waals surface area contributed by atoms with Gasteiger partial charge in [-0.1, -0.05) is 0 Å². The third-order valence-corrected chi connectivity index (χ3v) is 1.76. The highest BCUT2D eigenvalue weighted by atomic mass is 79.9. The molecule has 5 heteroatoms. The van der Waals surface area contributed by atoms with Gasteiger partial charge < -0.3 is 10.2 Å². The molecule has 0 aromatic carbocycles. The molecule has 0 unspecified atom stereocenters. The molecule has 12 heavy (non-hydrogen) atoms. The van der Waals surface area contributed by atoms with E-state index in [2.05, 4.69) is 20.9 Å². The van der Waals surface area contributed by atoms with Crippen molar-refractivity contribution in [3.63, 3.8) is 0 Å². The number of hydrogen-bond acceptors (Lipinski definition) is 3. The van der Waals surface area contributed by atoms with Crippen LogP contribution in [0.3, 0.4) is 0 Å². The molecule has 0 aliphatic heterocycles. The van der Waals surface area contributed by atoms with Gasteiger partial charge in [0.15, 0.2) is 11.4 Å². The number of aromatic carboxylic acids is 1. The fourth-order valence-corrected chi connectivity index (χ4v) is 1.30. The van der Waals surface area contributed by atoms with Crippen molar-refractivity contribution in [3.05, 3.63) is 21.9 Å². The standard InChI is InChI=1S/C7H6BrNO3/c1-3-2-4(8)9-5(6(3)10)7(11)12/h2,10H,1H3,(H,11,12). The molecule has 1 rings (SSSR count). The molecular formula is C7H6BrNO3. The van der Waals surface area contributed by atoms with Crippen molar-refractivity contribution < 1.29 is 15.0 Å². The minimum absolute atomic E-state index is 0.286. The van der Waals surface area contributed by atoms with Gasteiger partial charge in [-0.2, -0.15) is 0 Å². The fraction of sp³-hybridized carbons (Fsp3) is 0.143. The van der Waals surface area contributed by atoms with Crippen LogP contribution >= 0.6 is 15.9 Å². The average Bonchev–Trinajstić information content (AvgIpc) is 1.96. The summed E-state index contributed by atoms with van der Waals surface area (Å²) in [6.45, 7) is 1.61. The Balaban J connectivity index is 3.37. The predicted octanol–water partition coefficient (Wildman–Crippen LogP) is 1.56. The van der Waals surface area contributed by atoms with E-state index in [0.29, 0.717) is 10.2 Å². The van der Waals surface area contributed by atoms with E-state index < -0.39 is 5.97 Å². The molecule has 0 fully saturated rings. The summed E-state index contributed by atoms with van der Waals surface area (Å²) in [5, 5.41) is 17.8. The van der Waals surface area contributed by atoms with E-state index in [-0.39, 0.29) is 11.4 Å². The number of pyridine rings is 1. The van der Waals surface area contributed by atoms with Gasteiger partial charge in [0.2, 0.25) is 0 Å². The highest BCUT2D eigenvalue weighted by Crippen LogP contribution is 2.23. The second-order valence-corrected chi connectivity index (χ2v) is 3.08. The number of rotatable bonds is 1. The van der Waals surface area contributed by atoms with Gasteiger partial charge in [0, 0.05) is 0 Å². The maximum atomic E-state index is 10.5. The van der Waals surface area contributed by atoms with E-state index in [4.69, 9.17) is 5.11 Å². The van der Waals surface area contributed by atoms with Crippen molar-refractivity contribution in [1.82, 2.24) is 4.98 Å². The van der Waals surface area contributed by atoms with Crippen molar-refractivity contribution in [2.45, 2.75) is 6.92 Å². The Bertz CT molecular complexity index is 338. The summed E-state index contributed by atoms with van der Waals surface area (Å²) in [6, 6.07) is 1.54. The number of aryl methyl sites for hydroxylation is 1. The summed E-state index contributed by atoms with van der Waals surface area (Å²) in [5.74, 6) is -1.53. The Hall–Kier alpha value is -1.10. The summed E-state index contributed by atoms with van der Waals surface area (Å²) in [5.41, 5.74) is 0.149. The van der Waals surface area contributed by atoms with Crippen LogP contribution in [-0.2, 0) is 0 Å². The predicted molar refractivity (Wildman–Crippen MR) is 45.3 cm³/mol. The lowest BCUT2D eigenvalue weighted by Crippen LogP contribution is -2.01. The number of hydrogen-bond donors (Lipinski definition) is 2. The topological polar surface area (TPSA) is 70.4 Å². The number of aromatic nitrogens is 1. The molecule has 0 aliphatic rings. The highest BCUT2D eigenvalue weighted by Gasteiger charge is 2.14. The Kier molecular flexibility index (Phi) is 2.32. The number of aromatic hydroxyl groups is 1. The van der Waals surface area contributed by atoms with E-state index in [1.165, 1.54) is 0 Å². The Morgan fingerprint density at radius 1 is 1.67 bits per heavy atom. The third kappa shape index (κ3) is 1.55. The molecule has 64 valence electrons. The van der Waals surface area contributed by atoms with Gasteiger partial charge in [0.25, 0.3) is 0 Å². The van der Waals surface area contributed by atoms with E-state index >= 15 is 0 Å². The number of halogens is 1. The van der Waals surface area contributed by atoms with Gasteiger partial charge in [-0.15, -0.1) is 0 Å². The fourth-order valence-electron chi connectivity index (χ4n) is 0.775. The lowest BCUT2D eigenvalue weighted by Gasteiger charge is -2.02. The quantitative estimate of drug-likeness (QED) is 0.720. The van der Waals surface area contributed by atoms with Gasteiger partial charge in [-0.05, 0) is 34.5 Å². The largest absolute Gasteiger partial charge is 0.505 e. The maximum Gasteiger partial charge on any atom is 0.358 e. The summed E-state index contributed by atoms with van der Waals surface area (Å²) in [6.07, 6.45) is 0. The maximum absolute atomic E-state index is 10.5. The van der Waals surface area contributed by atoms with Crippen molar-refractivity contribution >= 4 is 21.9 Å². The van der Waals surface area contributed by atoms with E-state index in [9.17, 15) is 9.90 Å². The van der Waals surface area contributed by atoms with Crippen LogP contribution in [0.2, 0.25) is 0 Å². The average molecular weight is 232 g/mol. The normalized spacial score (nSPS) is 9.83. The first-order valence-corrected chi connectivity index (χ1v) is 3.91. The first-order chi connectivity index (χ1) is 5.52. The van der Waals surface area contributed by atoms with Gasteiger partial charge in [-0.25, -0.2) is 9.78 Å². The lowest BCUT2D eigenvalue weighted by atomic mass is 10.2. The summed E-state index contributed by atoms with van der Waals surface area (Å²) in [4.78, 5) is 14.1. The van der Waals surface area contributed by atoms with Crippen LogP contribution in [0, 0.1) is 6.92 Å². The smallest absolute Gasteiger partial charge is 0.358 e. The van der Waals surface area contributed by atoms with Crippen LogP contribution in [0.5, 0.6) is 5.75 Å². The number of carboxylic acid groups (broad SMARTS) is 1. The number of carbonyl (C=O) groups is 1. The zero-order chi connectivity index (χ0) is 9.30. The number of nitrogens with zero attached hydrogens (tertiary/aromatic N) is 1. The van der Waals surface area contributed by atoms with Crippen molar-refractivity contribution in [1.29, 1.82) is 0 Å². The zero-order valence-corrected chi connectivity index (χ0v) is 7.79. The molecule has 0 saturated carbocycles. The highest BCUT2D eigenvalue weighted by molar-refractivity contribution is 9.10. The first kappa shape index (κ1) is 8.99. The van der Waals surface area contributed by atoms with Crippen LogP contribution in [0.1, 0.15) is 16.1 Å². The summed E-state index contributed by atoms with van der Waals surface area (Å²) >= 11 is 3.03. The molecule has 0 saturated heterocycles. The van der Waals surface area contributed by atoms with E-state index in [1.807, 2.05) is 0 Å². The summed E-state index contributed by atoms with van der Waals surface area (Å²) < 4.78 is 0.398. The minimum atomic E-state index is -1.24. The molecule has 0 radical (unpaired) electrons. The SMILES string of the molecule is Cc1cc(Br)nc(C(=O)O)c1O. The molecule has 1 heterocycles. The van der Waals surface area contributed by atoms with Crippen molar-refractivity contribution in [3.8, 4) is 5.75 Å². The molecule has 1 aromatic rings. The van der Waals surface area contributed by atoms with Crippen LogP contribution in [0.25, 0.3) is 0 Å².